The highest BCUT2D eigenvalue weighted by Crippen LogP contribution is 2.25. The van der Waals surface area contributed by atoms with E-state index in [0.29, 0.717) is 22.2 Å². The van der Waals surface area contributed by atoms with Gasteiger partial charge in [0.25, 0.3) is 0 Å². The molecule has 4 nitrogen and oxygen atoms in total. The third-order valence-corrected chi connectivity index (χ3v) is 4.20. The molecule has 0 fully saturated rings. The van der Waals surface area contributed by atoms with Gasteiger partial charge in [0, 0.05) is 12.2 Å². The van der Waals surface area contributed by atoms with Gasteiger partial charge in [-0.3, -0.25) is 9.00 Å². The molecule has 18 heavy (non-hydrogen) atoms. The van der Waals surface area contributed by atoms with Crippen LogP contribution in [-0.2, 0) is 15.6 Å². The lowest BCUT2D eigenvalue weighted by atomic mass is 10.3. The third-order valence-electron chi connectivity index (χ3n) is 2.34. The maximum absolute atomic E-state index is 12.0. The van der Waals surface area contributed by atoms with Crippen LogP contribution in [0.25, 0.3) is 0 Å². The second-order valence-corrected chi connectivity index (χ2v) is 5.65. The number of halogens is 1. The van der Waals surface area contributed by atoms with Gasteiger partial charge in [-0.05, 0) is 18.6 Å². The molecule has 0 spiro atoms. The summed E-state index contributed by atoms with van der Waals surface area (Å²) in [6.07, 6.45) is 1.91. The summed E-state index contributed by atoms with van der Waals surface area (Å²) < 4.78 is 12.0. The first-order valence-corrected chi connectivity index (χ1v) is 7.45. The Bertz CT molecular complexity index is 431. The van der Waals surface area contributed by atoms with Gasteiger partial charge in [0.2, 0.25) is 5.91 Å². The Hall–Kier alpha value is -1.07. The van der Waals surface area contributed by atoms with E-state index in [9.17, 15) is 9.00 Å². The van der Waals surface area contributed by atoms with Crippen LogP contribution >= 0.6 is 11.6 Å². The summed E-state index contributed by atoms with van der Waals surface area (Å²) in [6, 6.07) is 4.91. The molecule has 1 aromatic rings. The van der Waals surface area contributed by atoms with Crippen molar-refractivity contribution in [3.05, 3.63) is 23.2 Å². The van der Waals surface area contributed by atoms with Gasteiger partial charge in [0.15, 0.2) is 0 Å². The lowest BCUT2D eigenvalue weighted by Crippen LogP contribution is -2.29. The highest BCUT2D eigenvalue weighted by molar-refractivity contribution is 7.86. The summed E-state index contributed by atoms with van der Waals surface area (Å²) in [5, 5.41) is 3.04. The second-order valence-electron chi connectivity index (χ2n) is 3.85. The molecule has 0 aliphatic carbocycles. The number of rotatable bonds is 6. The predicted molar refractivity (Wildman–Crippen MR) is 75.1 cm³/mol. The number of nitrogens with two attached hydrogens (primary N) is 1. The Balaban J connectivity index is 2.63. The maximum atomic E-state index is 12.0. The zero-order valence-electron chi connectivity index (χ0n) is 10.2. The zero-order chi connectivity index (χ0) is 13.5. The van der Waals surface area contributed by atoms with Crippen molar-refractivity contribution in [1.82, 2.24) is 5.32 Å². The Morgan fingerprint density at radius 2 is 2.22 bits per heavy atom. The molecule has 1 unspecified atom stereocenters. The fraction of sp³-hybridized carbons (Fsp3) is 0.417. The summed E-state index contributed by atoms with van der Waals surface area (Å²) >= 11 is 5.93. The van der Waals surface area contributed by atoms with Crippen molar-refractivity contribution in [3.63, 3.8) is 0 Å². The van der Waals surface area contributed by atoms with Crippen LogP contribution in [0.1, 0.15) is 19.8 Å². The molecule has 0 bridgehead atoms. The number of hydrogen-bond acceptors (Lipinski definition) is 3. The Labute approximate surface area is 114 Å². The van der Waals surface area contributed by atoms with E-state index < -0.39 is 10.8 Å². The van der Waals surface area contributed by atoms with Gasteiger partial charge in [-0.25, -0.2) is 0 Å². The molecule has 3 N–H and O–H groups in total. The molecule has 1 atom stereocenters. The number of benzene rings is 1. The van der Waals surface area contributed by atoms with Crippen LogP contribution in [0.2, 0.25) is 5.02 Å². The first kappa shape index (κ1) is 15.0. The van der Waals surface area contributed by atoms with Gasteiger partial charge in [-0.15, -0.1) is 0 Å². The van der Waals surface area contributed by atoms with Crippen LogP contribution in [-0.4, -0.2) is 22.4 Å². The maximum Gasteiger partial charge on any atom is 0.233 e. The SMILES string of the molecule is CCCCNC(=O)CS(=O)c1c(N)cccc1Cl. The topological polar surface area (TPSA) is 72.2 Å². The standard InChI is InChI=1S/C12H17ClN2O2S/c1-2-3-7-15-11(16)8-18(17)12-9(13)5-4-6-10(12)14/h4-6H,2-3,7-8,14H2,1H3,(H,15,16). The Morgan fingerprint density at radius 3 is 2.83 bits per heavy atom. The molecule has 0 saturated carbocycles. The van der Waals surface area contributed by atoms with Crippen LogP contribution < -0.4 is 11.1 Å². The van der Waals surface area contributed by atoms with Gasteiger partial charge in [0.1, 0.15) is 5.75 Å². The average molecular weight is 289 g/mol. The van der Waals surface area contributed by atoms with E-state index in [0.717, 1.165) is 12.8 Å². The van der Waals surface area contributed by atoms with E-state index in [1.807, 2.05) is 6.92 Å². The van der Waals surface area contributed by atoms with Crippen molar-refractivity contribution in [2.45, 2.75) is 24.7 Å². The van der Waals surface area contributed by atoms with Gasteiger partial charge >= 0.3 is 0 Å². The number of nitrogen functional groups attached to an aromatic ring is 1. The quantitative estimate of drug-likeness (QED) is 0.621. The highest BCUT2D eigenvalue weighted by atomic mass is 35.5. The van der Waals surface area contributed by atoms with Crippen LogP contribution in [0.5, 0.6) is 0 Å². The average Bonchev–Trinajstić information content (AvgIpc) is 2.29. The fourth-order valence-electron chi connectivity index (χ4n) is 1.41. The van der Waals surface area contributed by atoms with E-state index in [1.54, 1.807) is 18.2 Å². The molecule has 0 heterocycles. The Kier molecular flexibility index (Phi) is 6.15. The molecule has 0 aromatic heterocycles. The molecule has 0 aliphatic heterocycles. The van der Waals surface area contributed by atoms with Crippen molar-refractivity contribution in [2.75, 3.05) is 18.0 Å². The molecule has 1 rings (SSSR count). The Morgan fingerprint density at radius 1 is 1.50 bits per heavy atom. The van der Waals surface area contributed by atoms with Crippen LogP contribution in [0, 0.1) is 0 Å². The first-order chi connectivity index (χ1) is 8.56. The summed E-state index contributed by atoms with van der Waals surface area (Å²) in [5.74, 6) is -0.362. The van der Waals surface area contributed by atoms with Crippen LogP contribution in [0.4, 0.5) is 5.69 Å². The molecular weight excluding hydrogens is 272 g/mol. The lowest BCUT2D eigenvalue weighted by molar-refractivity contribution is -0.118. The van der Waals surface area contributed by atoms with E-state index in [4.69, 9.17) is 17.3 Å². The van der Waals surface area contributed by atoms with Crippen molar-refractivity contribution in [3.8, 4) is 0 Å². The number of carbonyl (C=O) groups is 1. The number of amides is 1. The largest absolute Gasteiger partial charge is 0.398 e. The van der Waals surface area contributed by atoms with Gasteiger partial charge in [-0.1, -0.05) is 31.0 Å². The van der Waals surface area contributed by atoms with Crippen molar-refractivity contribution >= 4 is 34.0 Å². The highest BCUT2D eigenvalue weighted by Gasteiger charge is 2.15. The summed E-state index contributed by atoms with van der Waals surface area (Å²) in [6.45, 7) is 2.64. The number of unbranched alkanes of at least 4 members (excludes halogenated alkanes) is 1. The normalized spacial score (nSPS) is 12.1. The van der Waals surface area contributed by atoms with Gasteiger partial charge < -0.3 is 11.1 Å². The molecule has 100 valence electrons. The van der Waals surface area contributed by atoms with Crippen LogP contribution in [0.15, 0.2) is 23.1 Å². The molecule has 0 radical (unpaired) electrons. The third kappa shape index (κ3) is 4.31. The number of nitrogens with one attached hydrogen (secondary N) is 1. The molecule has 0 aliphatic rings. The molecular formula is C12H17ClN2O2S. The minimum absolute atomic E-state index is 0.113. The van der Waals surface area contributed by atoms with Crippen molar-refractivity contribution < 1.29 is 9.00 Å². The van der Waals surface area contributed by atoms with E-state index in [-0.39, 0.29) is 11.7 Å². The molecule has 1 aromatic carbocycles. The number of anilines is 1. The molecule has 0 saturated heterocycles. The smallest absolute Gasteiger partial charge is 0.233 e. The molecule has 1 amide bonds. The van der Waals surface area contributed by atoms with E-state index in [1.165, 1.54) is 0 Å². The van der Waals surface area contributed by atoms with Gasteiger partial charge in [-0.2, -0.15) is 0 Å². The predicted octanol–water partition coefficient (Wildman–Crippen LogP) is 1.95. The fourth-order valence-corrected chi connectivity index (χ4v) is 2.95. The zero-order valence-corrected chi connectivity index (χ0v) is 11.8. The van der Waals surface area contributed by atoms with Crippen molar-refractivity contribution in [1.29, 1.82) is 0 Å². The monoisotopic (exact) mass is 288 g/mol. The first-order valence-electron chi connectivity index (χ1n) is 5.75. The summed E-state index contributed by atoms with van der Waals surface area (Å²) in [5.41, 5.74) is 6.06. The summed E-state index contributed by atoms with van der Waals surface area (Å²) in [4.78, 5) is 11.9. The van der Waals surface area contributed by atoms with Gasteiger partial charge in [0.05, 0.1) is 20.7 Å². The van der Waals surface area contributed by atoms with Crippen molar-refractivity contribution in [2.24, 2.45) is 0 Å². The lowest BCUT2D eigenvalue weighted by Gasteiger charge is -2.08. The number of carbonyl (C=O) groups excluding carboxylic acids is 1. The second kappa shape index (κ2) is 7.38. The molecule has 6 heteroatoms. The van der Waals surface area contributed by atoms with E-state index in [2.05, 4.69) is 5.32 Å². The van der Waals surface area contributed by atoms with E-state index >= 15 is 0 Å². The number of hydrogen-bond donors (Lipinski definition) is 2. The summed E-state index contributed by atoms with van der Waals surface area (Å²) in [7, 11) is -1.51. The minimum atomic E-state index is -1.51. The van der Waals surface area contributed by atoms with Crippen LogP contribution in [0.3, 0.4) is 0 Å². The minimum Gasteiger partial charge on any atom is -0.398 e.